The van der Waals surface area contributed by atoms with Gasteiger partial charge in [-0.15, -0.1) is 0 Å². The number of rotatable bonds is 7. The Bertz CT molecular complexity index is 1410. The Labute approximate surface area is 207 Å². The predicted octanol–water partition coefficient (Wildman–Crippen LogP) is 5.41. The third-order valence-corrected chi connectivity index (χ3v) is 6.38. The minimum absolute atomic E-state index is 0.0634. The third kappa shape index (κ3) is 4.83. The number of benzene rings is 2. The molecular formula is C26H25ClN6O2. The van der Waals surface area contributed by atoms with Crippen LogP contribution >= 0.6 is 11.6 Å². The highest BCUT2D eigenvalue weighted by Gasteiger charge is 2.18. The molecular weight excluding hydrogens is 464 g/mol. The summed E-state index contributed by atoms with van der Waals surface area (Å²) in [5, 5.41) is 21.7. The zero-order chi connectivity index (χ0) is 24.4. The summed E-state index contributed by atoms with van der Waals surface area (Å²) in [6.07, 6.45) is 5.05. The van der Waals surface area contributed by atoms with E-state index in [-0.39, 0.29) is 18.0 Å². The lowest BCUT2D eigenvalue weighted by atomic mass is 10.0. The van der Waals surface area contributed by atoms with E-state index < -0.39 is 0 Å². The van der Waals surface area contributed by atoms with Crippen molar-refractivity contribution in [3.8, 4) is 17.0 Å². The summed E-state index contributed by atoms with van der Waals surface area (Å²) < 4.78 is 0. The second-order valence-corrected chi connectivity index (χ2v) is 8.93. The van der Waals surface area contributed by atoms with Gasteiger partial charge in [0.2, 0.25) is 5.95 Å². The number of phenols is 1. The van der Waals surface area contributed by atoms with Crippen LogP contribution in [0.4, 0.5) is 17.3 Å². The number of carbonyl (C=O) groups excluding carboxylic acids is 1. The monoisotopic (exact) mass is 488 g/mol. The number of anilines is 3. The number of nitrogens with zero attached hydrogens (tertiary/aromatic N) is 4. The Hall–Kier alpha value is -3.91. The quantitative estimate of drug-likeness (QED) is 0.298. The fraction of sp³-hybridized carbons (Fsp3) is 0.231. The molecule has 1 aliphatic rings. The molecule has 35 heavy (non-hydrogen) atoms. The van der Waals surface area contributed by atoms with Gasteiger partial charge >= 0.3 is 0 Å². The summed E-state index contributed by atoms with van der Waals surface area (Å²) in [6, 6.07) is 13.0. The summed E-state index contributed by atoms with van der Waals surface area (Å²) in [4.78, 5) is 23.3. The van der Waals surface area contributed by atoms with Gasteiger partial charge in [0.05, 0.1) is 16.8 Å². The van der Waals surface area contributed by atoms with Crippen molar-refractivity contribution in [2.75, 3.05) is 23.3 Å². The summed E-state index contributed by atoms with van der Waals surface area (Å²) in [6.45, 7) is 5.43. The van der Waals surface area contributed by atoms with Gasteiger partial charge in [-0.05, 0) is 49.1 Å². The lowest BCUT2D eigenvalue weighted by Crippen LogP contribution is -2.29. The molecule has 0 saturated carbocycles. The second kappa shape index (κ2) is 9.76. The topological polar surface area (TPSA) is 107 Å². The molecule has 0 amide bonds. The average Bonchev–Trinajstić information content (AvgIpc) is 3.24. The number of aromatic nitrogens is 4. The molecule has 1 saturated heterocycles. The second-order valence-electron chi connectivity index (χ2n) is 8.56. The van der Waals surface area contributed by atoms with Crippen LogP contribution in [0.3, 0.4) is 0 Å². The van der Waals surface area contributed by atoms with Crippen LogP contribution in [0.15, 0.2) is 55.1 Å². The number of aromatic hydroxyl groups is 1. The van der Waals surface area contributed by atoms with E-state index in [1.807, 2.05) is 36.4 Å². The predicted molar refractivity (Wildman–Crippen MR) is 138 cm³/mol. The van der Waals surface area contributed by atoms with Crippen LogP contribution in [0.2, 0.25) is 5.15 Å². The molecule has 0 bridgehead atoms. The van der Waals surface area contributed by atoms with Crippen LogP contribution in [-0.2, 0) is 11.2 Å². The molecule has 3 heterocycles. The molecule has 2 aromatic heterocycles. The molecule has 0 atom stereocenters. The first-order valence-corrected chi connectivity index (χ1v) is 11.9. The van der Waals surface area contributed by atoms with E-state index in [1.165, 1.54) is 12.5 Å². The molecule has 0 aliphatic carbocycles. The fourth-order valence-corrected chi connectivity index (χ4v) is 4.61. The van der Waals surface area contributed by atoms with Crippen LogP contribution in [0.1, 0.15) is 24.8 Å². The smallest absolute Gasteiger partial charge is 0.229 e. The van der Waals surface area contributed by atoms with Crippen molar-refractivity contribution in [1.29, 1.82) is 0 Å². The first-order chi connectivity index (χ1) is 17.0. The van der Waals surface area contributed by atoms with E-state index in [0.29, 0.717) is 33.5 Å². The first-order valence-electron chi connectivity index (χ1n) is 11.5. The number of ketones is 1. The van der Waals surface area contributed by atoms with E-state index >= 15 is 0 Å². The largest absolute Gasteiger partial charge is 0.506 e. The molecule has 8 nitrogen and oxygen atoms in total. The molecule has 1 aliphatic heterocycles. The molecule has 5 rings (SSSR count). The number of phenolic OH excluding ortho intramolecular Hbond substituents is 1. The van der Waals surface area contributed by atoms with Crippen molar-refractivity contribution in [3.05, 3.63) is 65.8 Å². The molecule has 0 spiro atoms. The Balaban J connectivity index is 1.49. The number of nitrogens with one attached hydrogen (secondary N) is 2. The maximum Gasteiger partial charge on any atom is 0.229 e. The number of piperidine rings is 1. The minimum Gasteiger partial charge on any atom is -0.506 e. The molecule has 9 heteroatoms. The lowest BCUT2D eigenvalue weighted by Gasteiger charge is -2.29. The number of halogens is 1. The fourth-order valence-electron chi connectivity index (χ4n) is 4.39. The number of hydrogen-bond donors (Lipinski definition) is 3. The molecule has 3 N–H and O–H groups in total. The number of hydrogen-bond acceptors (Lipinski definition) is 7. The summed E-state index contributed by atoms with van der Waals surface area (Å²) in [5.74, 6) is 0.459. The average molecular weight is 489 g/mol. The molecule has 0 unspecified atom stereocenters. The van der Waals surface area contributed by atoms with Gasteiger partial charge in [-0.2, -0.15) is 10.1 Å². The third-order valence-electron chi connectivity index (χ3n) is 6.10. The normalized spacial score (nSPS) is 13.7. The van der Waals surface area contributed by atoms with Gasteiger partial charge in [-0.3, -0.25) is 9.89 Å². The number of aromatic amines is 1. The lowest BCUT2D eigenvalue weighted by molar-refractivity contribution is -0.114. The highest BCUT2D eigenvalue weighted by Crippen LogP contribution is 2.35. The number of carbonyl (C=O) groups is 1. The maximum absolute atomic E-state index is 11.9. The van der Waals surface area contributed by atoms with Crippen molar-refractivity contribution in [1.82, 2.24) is 20.2 Å². The minimum atomic E-state index is -0.0634. The zero-order valence-corrected chi connectivity index (χ0v) is 19.8. The van der Waals surface area contributed by atoms with Gasteiger partial charge in [0, 0.05) is 36.8 Å². The zero-order valence-electron chi connectivity index (χ0n) is 19.1. The van der Waals surface area contributed by atoms with Gasteiger partial charge in [0.25, 0.3) is 0 Å². The van der Waals surface area contributed by atoms with Crippen LogP contribution in [0.25, 0.3) is 22.3 Å². The molecule has 0 radical (unpaired) electrons. The Kier molecular flexibility index (Phi) is 6.37. The maximum atomic E-state index is 11.9. The Morgan fingerprint density at radius 1 is 1.17 bits per heavy atom. The van der Waals surface area contributed by atoms with Gasteiger partial charge in [0.1, 0.15) is 10.9 Å². The van der Waals surface area contributed by atoms with Crippen molar-refractivity contribution < 1.29 is 9.90 Å². The van der Waals surface area contributed by atoms with Gasteiger partial charge < -0.3 is 15.3 Å². The van der Waals surface area contributed by atoms with Gasteiger partial charge in [-0.25, -0.2) is 4.98 Å². The van der Waals surface area contributed by atoms with E-state index in [9.17, 15) is 9.90 Å². The van der Waals surface area contributed by atoms with Crippen molar-refractivity contribution >= 4 is 45.7 Å². The molecule has 2 aromatic carbocycles. The summed E-state index contributed by atoms with van der Waals surface area (Å²) in [7, 11) is 0. The van der Waals surface area contributed by atoms with Crippen LogP contribution in [0, 0.1) is 0 Å². The number of fused-ring (bicyclic) bond motifs is 1. The van der Waals surface area contributed by atoms with E-state index in [2.05, 4.69) is 32.0 Å². The summed E-state index contributed by atoms with van der Waals surface area (Å²) >= 11 is 6.38. The highest BCUT2D eigenvalue weighted by molar-refractivity contribution is 6.35. The Morgan fingerprint density at radius 3 is 2.77 bits per heavy atom. The van der Waals surface area contributed by atoms with Crippen LogP contribution in [0.5, 0.6) is 5.75 Å². The standard InChI is InChI=1S/C26H25ClN6O2/c1-2-19(34)14-16-7-6-8-17(13-16)23-22-24(27)31-32-25(22)30-26(29-23)28-18-9-10-20(21(35)15-18)33-11-4-3-5-12-33/h2,6-10,13,15,35H,1,3-5,11-12,14H2,(H2,28,29,30,31,32). The van der Waals surface area contributed by atoms with Crippen molar-refractivity contribution in [3.63, 3.8) is 0 Å². The first kappa shape index (κ1) is 22.9. The molecule has 4 aromatic rings. The van der Waals surface area contributed by atoms with E-state index in [1.54, 1.807) is 6.07 Å². The highest BCUT2D eigenvalue weighted by atomic mass is 35.5. The van der Waals surface area contributed by atoms with Crippen LogP contribution < -0.4 is 10.2 Å². The van der Waals surface area contributed by atoms with E-state index in [4.69, 9.17) is 16.6 Å². The summed E-state index contributed by atoms with van der Waals surface area (Å²) in [5.41, 5.74) is 4.09. The molecule has 178 valence electrons. The van der Waals surface area contributed by atoms with Crippen molar-refractivity contribution in [2.45, 2.75) is 25.7 Å². The van der Waals surface area contributed by atoms with E-state index in [0.717, 1.165) is 42.7 Å². The molecule has 1 fully saturated rings. The van der Waals surface area contributed by atoms with Gasteiger partial charge in [-0.1, -0.05) is 36.4 Å². The SMILES string of the molecule is C=CC(=O)Cc1cccc(-c2nc(Nc3ccc(N4CCCCC4)c(O)c3)nc3n[nH]c(Cl)c23)c1. The van der Waals surface area contributed by atoms with Crippen LogP contribution in [-0.4, -0.2) is 44.1 Å². The van der Waals surface area contributed by atoms with Crippen molar-refractivity contribution in [2.24, 2.45) is 0 Å². The number of allylic oxidation sites excluding steroid dienone is 1. The number of H-pyrrole nitrogens is 1. The Morgan fingerprint density at radius 2 is 2.00 bits per heavy atom. The van der Waals surface area contributed by atoms with Gasteiger partial charge in [0.15, 0.2) is 11.4 Å².